The molecule has 1 fully saturated rings. The third kappa shape index (κ3) is 4.63. The van der Waals surface area contributed by atoms with Crippen molar-refractivity contribution < 1.29 is 23.6 Å². The summed E-state index contributed by atoms with van der Waals surface area (Å²) in [4.78, 5) is 13.4. The van der Waals surface area contributed by atoms with Gasteiger partial charge < -0.3 is 10.1 Å². The van der Waals surface area contributed by atoms with Crippen LogP contribution in [0.2, 0.25) is 0 Å². The maximum absolute atomic E-state index is 14.7. The van der Waals surface area contributed by atoms with Crippen LogP contribution in [0.25, 0.3) is 11.1 Å². The standard InChI is InChI=1S/C21H24F2N2O2/c1-2-18-14-25(21(26)27-18)17-8-9-19(20(23)12-17)16-6-4-15(5-7-16)13-24-11-3-10-22/h4-9,12,18,24H,2-3,10-11,13-14H2,1H3/p+1/t18-/m0/s1. The number of ether oxygens (including phenoxy) is 1. The van der Waals surface area contributed by atoms with Gasteiger partial charge in [-0.25, -0.2) is 9.18 Å². The molecule has 1 aliphatic heterocycles. The molecule has 2 N–H and O–H groups in total. The Morgan fingerprint density at radius 1 is 1.22 bits per heavy atom. The number of hydrogen-bond acceptors (Lipinski definition) is 2. The fraction of sp³-hybridized carbons (Fsp3) is 0.381. The van der Waals surface area contributed by atoms with Crippen molar-refractivity contribution in [3.63, 3.8) is 0 Å². The molecular weight excluding hydrogens is 350 g/mol. The average molecular weight is 375 g/mol. The summed E-state index contributed by atoms with van der Waals surface area (Å²) in [5.41, 5.74) is 2.89. The Labute approximate surface area is 158 Å². The lowest BCUT2D eigenvalue weighted by Gasteiger charge is -2.14. The minimum absolute atomic E-state index is 0.144. The highest BCUT2D eigenvalue weighted by Gasteiger charge is 2.31. The molecule has 2 aromatic rings. The zero-order valence-corrected chi connectivity index (χ0v) is 15.5. The summed E-state index contributed by atoms with van der Waals surface area (Å²) in [6.07, 6.45) is 0.719. The van der Waals surface area contributed by atoms with Gasteiger partial charge in [0.15, 0.2) is 0 Å². The van der Waals surface area contributed by atoms with E-state index in [1.54, 1.807) is 12.1 Å². The number of nitrogens with two attached hydrogens (primary N) is 1. The highest BCUT2D eigenvalue weighted by atomic mass is 19.1. The smallest absolute Gasteiger partial charge is 0.414 e. The number of alkyl halides is 1. The molecule has 0 aromatic heterocycles. The van der Waals surface area contributed by atoms with E-state index in [2.05, 4.69) is 5.32 Å². The van der Waals surface area contributed by atoms with E-state index in [1.807, 2.05) is 31.2 Å². The molecular formula is C21H25F2N2O2+. The van der Waals surface area contributed by atoms with Gasteiger partial charge in [-0.2, -0.15) is 0 Å². The summed E-state index contributed by atoms with van der Waals surface area (Å²) in [7, 11) is 0. The van der Waals surface area contributed by atoms with Crippen molar-refractivity contribution >= 4 is 11.8 Å². The van der Waals surface area contributed by atoms with Crippen molar-refractivity contribution in [1.82, 2.24) is 0 Å². The van der Waals surface area contributed by atoms with Crippen LogP contribution >= 0.6 is 0 Å². The van der Waals surface area contributed by atoms with Crippen molar-refractivity contribution in [2.24, 2.45) is 0 Å². The first-order chi connectivity index (χ1) is 13.1. The quantitative estimate of drug-likeness (QED) is 0.716. The second kappa shape index (κ2) is 8.95. The fourth-order valence-corrected chi connectivity index (χ4v) is 3.16. The number of cyclic esters (lactones) is 1. The number of benzene rings is 2. The molecule has 0 spiro atoms. The summed E-state index contributed by atoms with van der Waals surface area (Å²) in [5.74, 6) is -0.373. The number of nitrogens with zero attached hydrogens (tertiary/aromatic N) is 1. The lowest BCUT2D eigenvalue weighted by atomic mass is 10.0. The minimum atomic E-state index is -0.428. The Kier molecular flexibility index (Phi) is 6.40. The first-order valence-electron chi connectivity index (χ1n) is 9.37. The zero-order chi connectivity index (χ0) is 19.2. The Morgan fingerprint density at radius 3 is 2.63 bits per heavy atom. The second-order valence-corrected chi connectivity index (χ2v) is 6.71. The van der Waals surface area contributed by atoms with Crippen molar-refractivity contribution in [1.29, 1.82) is 0 Å². The molecule has 6 heteroatoms. The molecule has 27 heavy (non-hydrogen) atoms. The topological polar surface area (TPSA) is 46.2 Å². The van der Waals surface area contributed by atoms with Crippen molar-refractivity contribution in [3.05, 3.63) is 53.8 Å². The van der Waals surface area contributed by atoms with E-state index >= 15 is 0 Å². The van der Waals surface area contributed by atoms with E-state index in [0.29, 0.717) is 24.2 Å². The van der Waals surface area contributed by atoms with E-state index in [-0.39, 0.29) is 18.6 Å². The molecule has 3 rings (SSSR count). The molecule has 0 saturated carbocycles. The van der Waals surface area contributed by atoms with Crippen LogP contribution in [0.3, 0.4) is 0 Å². The maximum Gasteiger partial charge on any atom is 0.414 e. The molecule has 0 unspecified atom stereocenters. The van der Waals surface area contributed by atoms with Gasteiger partial charge >= 0.3 is 6.09 Å². The summed E-state index contributed by atoms with van der Waals surface area (Å²) in [5, 5.41) is 2.06. The predicted molar refractivity (Wildman–Crippen MR) is 101 cm³/mol. The van der Waals surface area contributed by atoms with E-state index in [9.17, 15) is 13.6 Å². The molecule has 1 aliphatic rings. The van der Waals surface area contributed by atoms with Crippen molar-refractivity contribution in [2.75, 3.05) is 24.7 Å². The van der Waals surface area contributed by atoms with Crippen LogP contribution in [0.1, 0.15) is 25.3 Å². The molecule has 0 radical (unpaired) electrons. The Morgan fingerprint density at radius 2 is 2.00 bits per heavy atom. The van der Waals surface area contributed by atoms with Gasteiger partial charge in [0.05, 0.1) is 25.5 Å². The minimum Gasteiger partial charge on any atom is -0.444 e. The number of carbonyl (C=O) groups excluding carboxylic acids is 1. The molecule has 4 nitrogen and oxygen atoms in total. The number of halogens is 2. The van der Waals surface area contributed by atoms with Crippen LogP contribution in [-0.2, 0) is 11.3 Å². The summed E-state index contributed by atoms with van der Waals surface area (Å²) in [6, 6.07) is 12.5. The summed E-state index contributed by atoms with van der Waals surface area (Å²) >= 11 is 0. The van der Waals surface area contributed by atoms with Gasteiger partial charge in [0.2, 0.25) is 0 Å². The first kappa shape index (κ1) is 19.3. The van der Waals surface area contributed by atoms with Crippen molar-refractivity contribution in [3.8, 4) is 11.1 Å². The lowest BCUT2D eigenvalue weighted by molar-refractivity contribution is -0.670. The van der Waals surface area contributed by atoms with Gasteiger partial charge in [0, 0.05) is 17.5 Å². The molecule has 1 heterocycles. The molecule has 0 bridgehead atoms. The van der Waals surface area contributed by atoms with Crippen LogP contribution < -0.4 is 10.2 Å². The van der Waals surface area contributed by atoms with Gasteiger partial charge in [0.25, 0.3) is 0 Å². The molecule has 144 valence electrons. The first-order valence-corrected chi connectivity index (χ1v) is 9.37. The highest BCUT2D eigenvalue weighted by molar-refractivity contribution is 5.90. The third-order valence-corrected chi connectivity index (χ3v) is 4.78. The van der Waals surface area contributed by atoms with Crippen molar-refractivity contribution in [2.45, 2.75) is 32.4 Å². The number of amides is 1. The number of quaternary nitrogens is 1. The van der Waals surface area contributed by atoms with Crippen LogP contribution in [-0.4, -0.2) is 32.0 Å². The van der Waals surface area contributed by atoms with E-state index in [1.165, 1.54) is 11.0 Å². The highest BCUT2D eigenvalue weighted by Crippen LogP contribution is 2.29. The fourth-order valence-electron chi connectivity index (χ4n) is 3.16. The number of carbonyl (C=O) groups is 1. The Hall–Kier alpha value is -2.47. The Bertz CT molecular complexity index is 780. The van der Waals surface area contributed by atoms with E-state index in [0.717, 1.165) is 30.6 Å². The summed E-state index contributed by atoms with van der Waals surface area (Å²) < 4.78 is 32.0. The van der Waals surface area contributed by atoms with Crippen LogP contribution in [0.15, 0.2) is 42.5 Å². The predicted octanol–water partition coefficient (Wildman–Crippen LogP) is 3.65. The maximum atomic E-state index is 14.7. The van der Waals surface area contributed by atoms with Gasteiger partial charge in [-0.3, -0.25) is 9.29 Å². The van der Waals surface area contributed by atoms with E-state index in [4.69, 9.17) is 4.74 Å². The monoisotopic (exact) mass is 375 g/mol. The largest absolute Gasteiger partial charge is 0.444 e. The summed E-state index contributed by atoms with van der Waals surface area (Å²) in [6.45, 7) is 3.64. The van der Waals surface area contributed by atoms with E-state index < -0.39 is 6.09 Å². The van der Waals surface area contributed by atoms with Gasteiger partial charge in [-0.15, -0.1) is 0 Å². The lowest BCUT2D eigenvalue weighted by Crippen LogP contribution is -2.82. The SMILES string of the molecule is CC[C@H]1CN(c2ccc(-c3ccc(C[NH2+]CCCF)cc3)c(F)c2)C(=O)O1. The number of hydrogen-bond donors (Lipinski definition) is 1. The second-order valence-electron chi connectivity index (χ2n) is 6.71. The van der Waals surface area contributed by atoms with Crippen LogP contribution in [0.5, 0.6) is 0 Å². The third-order valence-electron chi connectivity index (χ3n) is 4.78. The zero-order valence-electron chi connectivity index (χ0n) is 15.5. The van der Waals surface area contributed by atoms with Crippen LogP contribution in [0, 0.1) is 5.82 Å². The van der Waals surface area contributed by atoms with Crippen LogP contribution in [0.4, 0.5) is 19.3 Å². The molecule has 1 saturated heterocycles. The molecule has 2 aromatic carbocycles. The molecule has 1 atom stereocenters. The van der Waals surface area contributed by atoms with Gasteiger partial charge in [0.1, 0.15) is 18.5 Å². The number of anilines is 1. The molecule has 1 amide bonds. The van der Waals surface area contributed by atoms with Gasteiger partial charge in [-0.1, -0.05) is 31.2 Å². The molecule has 0 aliphatic carbocycles. The average Bonchev–Trinajstić information content (AvgIpc) is 3.07. The Balaban J connectivity index is 1.69. The normalized spacial score (nSPS) is 16.6. The van der Waals surface area contributed by atoms with Gasteiger partial charge in [-0.05, 0) is 30.2 Å². The number of rotatable bonds is 8.